The first-order chi connectivity index (χ1) is 8.00. The molecule has 1 aromatic carbocycles. The van der Waals surface area contributed by atoms with Crippen molar-refractivity contribution in [3.63, 3.8) is 0 Å². The summed E-state index contributed by atoms with van der Waals surface area (Å²) in [5.74, 6) is 0.186. The number of rotatable bonds is 3. The summed E-state index contributed by atoms with van der Waals surface area (Å²) in [5.41, 5.74) is 3.26. The lowest BCUT2D eigenvalue weighted by atomic mass is 10.0. The molecule has 0 saturated heterocycles. The second-order valence-corrected chi connectivity index (χ2v) is 5.34. The first-order valence-electron chi connectivity index (χ1n) is 6.40. The molecule has 0 aliphatic heterocycles. The highest BCUT2D eigenvalue weighted by Crippen LogP contribution is 2.30. The first kappa shape index (κ1) is 12.2. The fourth-order valence-electron chi connectivity index (χ4n) is 2.20. The van der Waals surface area contributed by atoms with Gasteiger partial charge in [0.15, 0.2) is 0 Å². The molecule has 0 spiro atoms. The van der Waals surface area contributed by atoms with Crippen LogP contribution >= 0.6 is 0 Å². The molecule has 1 saturated carbocycles. The van der Waals surface area contributed by atoms with Crippen molar-refractivity contribution in [2.45, 2.75) is 52.6 Å². The third-order valence-corrected chi connectivity index (χ3v) is 3.48. The maximum absolute atomic E-state index is 12.5. The molecule has 0 atom stereocenters. The maximum atomic E-state index is 12.5. The van der Waals surface area contributed by atoms with Gasteiger partial charge in [-0.3, -0.25) is 4.79 Å². The summed E-state index contributed by atoms with van der Waals surface area (Å²) in [7, 11) is 0. The monoisotopic (exact) mass is 231 g/mol. The van der Waals surface area contributed by atoms with Crippen LogP contribution in [0, 0.1) is 13.8 Å². The molecule has 1 aliphatic rings. The van der Waals surface area contributed by atoms with E-state index in [1.165, 1.54) is 11.1 Å². The lowest BCUT2D eigenvalue weighted by molar-refractivity contribution is 0.0690. The van der Waals surface area contributed by atoms with Crippen LogP contribution in [0.5, 0.6) is 0 Å². The number of amides is 1. The molecule has 92 valence electrons. The van der Waals surface area contributed by atoms with Gasteiger partial charge in [0.05, 0.1) is 0 Å². The number of nitrogens with zero attached hydrogens (tertiary/aromatic N) is 1. The molecule has 1 aliphatic carbocycles. The molecule has 1 fully saturated rings. The van der Waals surface area contributed by atoms with Gasteiger partial charge < -0.3 is 4.90 Å². The molecule has 0 N–H and O–H groups in total. The van der Waals surface area contributed by atoms with Gasteiger partial charge in [-0.25, -0.2) is 0 Å². The highest BCUT2D eigenvalue weighted by atomic mass is 16.2. The second kappa shape index (κ2) is 4.52. The molecular weight excluding hydrogens is 210 g/mol. The molecule has 0 aromatic heterocycles. The van der Waals surface area contributed by atoms with Crippen molar-refractivity contribution in [1.29, 1.82) is 0 Å². The topological polar surface area (TPSA) is 20.3 Å². The van der Waals surface area contributed by atoms with Crippen LogP contribution in [0.4, 0.5) is 0 Å². The van der Waals surface area contributed by atoms with E-state index < -0.39 is 0 Å². The fraction of sp³-hybridized carbons (Fsp3) is 0.533. The average Bonchev–Trinajstić information content (AvgIpc) is 3.06. The average molecular weight is 231 g/mol. The van der Waals surface area contributed by atoms with E-state index in [1.807, 2.05) is 23.1 Å². The van der Waals surface area contributed by atoms with Crippen molar-refractivity contribution in [2.75, 3.05) is 0 Å². The van der Waals surface area contributed by atoms with Crippen LogP contribution in [-0.4, -0.2) is 22.9 Å². The molecule has 17 heavy (non-hydrogen) atoms. The minimum atomic E-state index is 0.186. The summed E-state index contributed by atoms with van der Waals surface area (Å²) in [4.78, 5) is 14.5. The Bertz CT molecular complexity index is 431. The molecule has 2 rings (SSSR count). The van der Waals surface area contributed by atoms with Crippen LogP contribution in [0.1, 0.15) is 48.2 Å². The Hall–Kier alpha value is -1.31. The van der Waals surface area contributed by atoms with Crippen LogP contribution in [0.3, 0.4) is 0 Å². The SMILES string of the molecule is Cc1ccc(C(=O)N(C(C)C)C2CC2)cc1C. The normalized spacial score (nSPS) is 15.1. The van der Waals surface area contributed by atoms with Crippen molar-refractivity contribution < 1.29 is 4.79 Å². The lowest BCUT2D eigenvalue weighted by Gasteiger charge is -2.27. The zero-order chi connectivity index (χ0) is 12.6. The van der Waals surface area contributed by atoms with Crippen LogP contribution in [-0.2, 0) is 0 Å². The van der Waals surface area contributed by atoms with Crippen molar-refractivity contribution in [2.24, 2.45) is 0 Å². The Morgan fingerprint density at radius 2 is 1.88 bits per heavy atom. The molecular formula is C15H21NO. The van der Waals surface area contributed by atoms with Crippen molar-refractivity contribution >= 4 is 5.91 Å². The predicted molar refractivity (Wildman–Crippen MR) is 70.2 cm³/mol. The third kappa shape index (κ3) is 2.51. The van der Waals surface area contributed by atoms with E-state index in [0.717, 1.165) is 18.4 Å². The van der Waals surface area contributed by atoms with Gasteiger partial charge in [0.1, 0.15) is 0 Å². The van der Waals surface area contributed by atoms with Crippen LogP contribution in [0.15, 0.2) is 18.2 Å². The van der Waals surface area contributed by atoms with E-state index in [2.05, 4.69) is 27.7 Å². The van der Waals surface area contributed by atoms with Crippen molar-refractivity contribution in [1.82, 2.24) is 4.90 Å². The summed E-state index contributed by atoms with van der Waals surface area (Å²) in [5, 5.41) is 0. The quantitative estimate of drug-likeness (QED) is 0.781. The standard InChI is InChI=1S/C15H21NO/c1-10(2)16(14-7-8-14)15(17)13-6-5-11(3)12(4)9-13/h5-6,9-10,14H,7-8H2,1-4H3. The van der Waals surface area contributed by atoms with Crippen LogP contribution in [0.25, 0.3) is 0 Å². The zero-order valence-electron chi connectivity index (χ0n) is 11.2. The number of hydrogen-bond acceptors (Lipinski definition) is 1. The van der Waals surface area contributed by atoms with E-state index >= 15 is 0 Å². The Morgan fingerprint density at radius 1 is 1.24 bits per heavy atom. The fourth-order valence-corrected chi connectivity index (χ4v) is 2.20. The Balaban J connectivity index is 2.25. The van der Waals surface area contributed by atoms with Crippen molar-refractivity contribution in [3.8, 4) is 0 Å². The number of aryl methyl sites for hydroxylation is 2. The number of benzene rings is 1. The van der Waals surface area contributed by atoms with E-state index in [1.54, 1.807) is 0 Å². The second-order valence-electron chi connectivity index (χ2n) is 5.34. The van der Waals surface area contributed by atoms with Gasteiger partial charge in [-0.15, -0.1) is 0 Å². The summed E-state index contributed by atoms with van der Waals surface area (Å²) in [6, 6.07) is 6.76. The smallest absolute Gasteiger partial charge is 0.254 e. The van der Waals surface area contributed by atoms with Gasteiger partial charge in [0.25, 0.3) is 5.91 Å². The van der Waals surface area contributed by atoms with Gasteiger partial charge >= 0.3 is 0 Å². The summed E-state index contributed by atoms with van der Waals surface area (Å²) in [6.45, 7) is 8.32. The summed E-state index contributed by atoms with van der Waals surface area (Å²) >= 11 is 0. The third-order valence-electron chi connectivity index (χ3n) is 3.48. The Labute approximate surface area is 104 Å². The van der Waals surface area contributed by atoms with Gasteiger partial charge in [-0.1, -0.05) is 6.07 Å². The first-order valence-corrected chi connectivity index (χ1v) is 6.40. The minimum absolute atomic E-state index is 0.186. The number of carbonyl (C=O) groups excluding carboxylic acids is 1. The zero-order valence-corrected chi connectivity index (χ0v) is 11.2. The molecule has 2 nitrogen and oxygen atoms in total. The predicted octanol–water partition coefficient (Wildman–Crippen LogP) is 3.32. The molecule has 1 amide bonds. The van der Waals surface area contributed by atoms with Crippen LogP contribution in [0.2, 0.25) is 0 Å². The molecule has 2 heteroatoms. The highest BCUT2D eigenvalue weighted by molar-refractivity contribution is 5.95. The van der Waals surface area contributed by atoms with Crippen molar-refractivity contribution in [3.05, 3.63) is 34.9 Å². The molecule has 0 bridgehead atoms. The van der Waals surface area contributed by atoms with E-state index in [4.69, 9.17) is 0 Å². The van der Waals surface area contributed by atoms with Gasteiger partial charge in [0.2, 0.25) is 0 Å². The molecule has 0 radical (unpaired) electrons. The Kier molecular flexibility index (Phi) is 3.23. The number of hydrogen-bond donors (Lipinski definition) is 0. The van der Waals surface area contributed by atoms with E-state index in [0.29, 0.717) is 6.04 Å². The highest BCUT2D eigenvalue weighted by Gasteiger charge is 2.34. The van der Waals surface area contributed by atoms with Gasteiger partial charge in [-0.05, 0) is 63.8 Å². The summed E-state index contributed by atoms with van der Waals surface area (Å²) < 4.78 is 0. The molecule has 0 heterocycles. The number of carbonyl (C=O) groups is 1. The Morgan fingerprint density at radius 3 is 2.35 bits per heavy atom. The van der Waals surface area contributed by atoms with E-state index in [-0.39, 0.29) is 11.9 Å². The van der Waals surface area contributed by atoms with Gasteiger partial charge in [0, 0.05) is 17.6 Å². The van der Waals surface area contributed by atoms with Gasteiger partial charge in [-0.2, -0.15) is 0 Å². The van der Waals surface area contributed by atoms with E-state index in [9.17, 15) is 4.79 Å². The lowest BCUT2D eigenvalue weighted by Crippen LogP contribution is -2.38. The molecule has 1 aromatic rings. The summed E-state index contributed by atoms with van der Waals surface area (Å²) in [6.07, 6.45) is 2.32. The maximum Gasteiger partial charge on any atom is 0.254 e. The van der Waals surface area contributed by atoms with Crippen LogP contribution < -0.4 is 0 Å². The minimum Gasteiger partial charge on any atom is -0.333 e. The molecule has 0 unspecified atom stereocenters. The largest absolute Gasteiger partial charge is 0.333 e.